The normalized spacial score (nSPS) is 21.0. The summed E-state index contributed by atoms with van der Waals surface area (Å²) >= 11 is 0. The van der Waals surface area contributed by atoms with Gasteiger partial charge >= 0.3 is 0 Å². The molecule has 5 nitrogen and oxygen atoms in total. The highest BCUT2D eigenvalue weighted by Crippen LogP contribution is 2.15. The molecule has 0 unspecified atom stereocenters. The van der Waals surface area contributed by atoms with Gasteiger partial charge < -0.3 is 19.9 Å². The van der Waals surface area contributed by atoms with Crippen LogP contribution in [0.1, 0.15) is 35.3 Å². The molecule has 2 aromatic rings. The molecule has 1 aliphatic rings. The number of H-pyrrole nitrogens is 1. The lowest BCUT2D eigenvalue weighted by Gasteiger charge is -2.35. The molecular weight excluding hydrogens is 302 g/mol. The van der Waals surface area contributed by atoms with Crippen LogP contribution in [-0.2, 0) is 17.8 Å². The van der Waals surface area contributed by atoms with E-state index in [0.717, 1.165) is 18.7 Å². The Balaban J connectivity index is 1.54. The highest BCUT2D eigenvalue weighted by molar-refractivity contribution is 5.94. The minimum Gasteiger partial charge on any atom is -0.372 e. The lowest BCUT2D eigenvalue weighted by Crippen LogP contribution is -2.48. The summed E-state index contributed by atoms with van der Waals surface area (Å²) in [5.74, 6) is 0.0869. The van der Waals surface area contributed by atoms with Crippen LogP contribution in [0.2, 0.25) is 0 Å². The summed E-state index contributed by atoms with van der Waals surface area (Å²) < 4.78 is 5.69. The second-order valence-electron chi connectivity index (χ2n) is 6.49. The van der Waals surface area contributed by atoms with Gasteiger partial charge in [-0.2, -0.15) is 0 Å². The highest BCUT2D eigenvalue weighted by atomic mass is 16.5. The smallest absolute Gasteiger partial charge is 0.254 e. The molecule has 0 radical (unpaired) electrons. The van der Waals surface area contributed by atoms with Crippen molar-refractivity contribution in [3.63, 3.8) is 0 Å². The van der Waals surface area contributed by atoms with Crippen molar-refractivity contribution >= 4 is 5.91 Å². The lowest BCUT2D eigenvalue weighted by molar-refractivity contribution is -0.0586. The molecule has 0 bridgehead atoms. The number of hydrogen-bond donors (Lipinski definition) is 2. The monoisotopic (exact) mass is 327 g/mol. The second kappa shape index (κ2) is 7.64. The molecule has 1 amide bonds. The molecule has 1 aromatic carbocycles. The molecule has 0 saturated carbocycles. The topological polar surface area (TPSA) is 57.4 Å². The molecule has 5 heteroatoms. The maximum absolute atomic E-state index is 12.6. The van der Waals surface area contributed by atoms with Gasteiger partial charge in [0.15, 0.2) is 0 Å². The quantitative estimate of drug-likeness (QED) is 0.887. The van der Waals surface area contributed by atoms with E-state index in [1.165, 1.54) is 11.1 Å². The van der Waals surface area contributed by atoms with Crippen molar-refractivity contribution in [3.05, 3.63) is 59.4 Å². The molecule has 1 aromatic heterocycles. The Morgan fingerprint density at radius 1 is 1.12 bits per heavy atom. The molecule has 2 atom stereocenters. The minimum atomic E-state index is 0.0869. The maximum Gasteiger partial charge on any atom is 0.254 e. The predicted octanol–water partition coefficient (Wildman–Crippen LogP) is 2.55. The van der Waals surface area contributed by atoms with Crippen LogP contribution in [0.3, 0.4) is 0 Å². The van der Waals surface area contributed by atoms with Crippen molar-refractivity contribution in [2.75, 3.05) is 13.1 Å². The van der Waals surface area contributed by atoms with Crippen molar-refractivity contribution in [2.24, 2.45) is 0 Å². The number of nitrogens with zero attached hydrogens (tertiary/aromatic N) is 1. The first-order valence-corrected chi connectivity index (χ1v) is 8.48. The van der Waals surface area contributed by atoms with E-state index in [-0.39, 0.29) is 18.1 Å². The van der Waals surface area contributed by atoms with Gasteiger partial charge in [-0.05, 0) is 43.2 Å². The van der Waals surface area contributed by atoms with Crippen LogP contribution in [0.15, 0.2) is 42.7 Å². The predicted molar refractivity (Wildman–Crippen MR) is 93.7 cm³/mol. The second-order valence-corrected chi connectivity index (χ2v) is 6.49. The van der Waals surface area contributed by atoms with Crippen LogP contribution in [-0.4, -0.2) is 41.1 Å². The van der Waals surface area contributed by atoms with Crippen LogP contribution in [0, 0.1) is 0 Å². The fourth-order valence-electron chi connectivity index (χ4n) is 3.11. The Hall–Kier alpha value is -2.11. The lowest BCUT2D eigenvalue weighted by atomic mass is 10.1. The summed E-state index contributed by atoms with van der Waals surface area (Å²) in [5, 5.41) is 3.40. The third-order valence-corrected chi connectivity index (χ3v) is 4.23. The van der Waals surface area contributed by atoms with E-state index in [0.29, 0.717) is 13.1 Å². The summed E-state index contributed by atoms with van der Waals surface area (Å²) in [5.41, 5.74) is 3.15. The van der Waals surface area contributed by atoms with Gasteiger partial charge in [0.2, 0.25) is 0 Å². The van der Waals surface area contributed by atoms with Gasteiger partial charge in [0.25, 0.3) is 5.91 Å². The molecule has 2 N–H and O–H groups in total. The summed E-state index contributed by atoms with van der Waals surface area (Å²) in [4.78, 5) is 17.6. The molecule has 0 spiro atoms. The molecule has 1 saturated heterocycles. The Morgan fingerprint density at radius 2 is 1.79 bits per heavy atom. The zero-order valence-electron chi connectivity index (χ0n) is 14.3. The van der Waals surface area contributed by atoms with E-state index in [4.69, 9.17) is 4.74 Å². The van der Waals surface area contributed by atoms with Gasteiger partial charge in [0.1, 0.15) is 0 Å². The van der Waals surface area contributed by atoms with Gasteiger partial charge in [-0.25, -0.2) is 0 Å². The van der Waals surface area contributed by atoms with E-state index in [1.807, 2.05) is 55.4 Å². The minimum absolute atomic E-state index is 0.0869. The van der Waals surface area contributed by atoms with Crippen LogP contribution in [0.5, 0.6) is 0 Å². The van der Waals surface area contributed by atoms with E-state index in [2.05, 4.69) is 16.4 Å². The third-order valence-electron chi connectivity index (χ3n) is 4.23. The van der Waals surface area contributed by atoms with Gasteiger partial charge in [0, 0.05) is 44.1 Å². The molecule has 3 rings (SSSR count). The van der Waals surface area contributed by atoms with Gasteiger partial charge in [-0.3, -0.25) is 4.79 Å². The average Bonchev–Trinajstić information content (AvgIpc) is 3.07. The first kappa shape index (κ1) is 16.7. The average molecular weight is 327 g/mol. The van der Waals surface area contributed by atoms with E-state index in [1.54, 1.807) is 0 Å². The van der Waals surface area contributed by atoms with Crippen molar-refractivity contribution < 1.29 is 9.53 Å². The number of aromatic amines is 1. The Kier molecular flexibility index (Phi) is 5.33. The summed E-state index contributed by atoms with van der Waals surface area (Å²) in [6.07, 6.45) is 4.09. The van der Waals surface area contributed by atoms with Gasteiger partial charge in [-0.15, -0.1) is 0 Å². The van der Waals surface area contributed by atoms with Crippen molar-refractivity contribution in [3.8, 4) is 0 Å². The fourth-order valence-corrected chi connectivity index (χ4v) is 3.11. The molecule has 1 aliphatic heterocycles. The first-order chi connectivity index (χ1) is 11.6. The Labute approximate surface area is 143 Å². The molecule has 0 aliphatic carbocycles. The molecule has 2 heterocycles. The number of nitrogens with one attached hydrogen (secondary N) is 2. The van der Waals surface area contributed by atoms with Crippen molar-refractivity contribution in [2.45, 2.75) is 39.1 Å². The van der Waals surface area contributed by atoms with E-state index < -0.39 is 0 Å². The molecule has 128 valence electrons. The number of rotatable bonds is 5. The number of hydrogen-bond acceptors (Lipinski definition) is 3. The zero-order valence-corrected chi connectivity index (χ0v) is 14.3. The zero-order chi connectivity index (χ0) is 16.9. The van der Waals surface area contributed by atoms with E-state index >= 15 is 0 Å². The number of carbonyl (C=O) groups excluding carboxylic acids is 1. The summed E-state index contributed by atoms with van der Waals surface area (Å²) in [6.45, 7) is 6.94. The largest absolute Gasteiger partial charge is 0.372 e. The number of aromatic nitrogens is 1. The van der Waals surface area contributed by atoms with Gasteiger partial charge in [0.05, 0.1) is 12.2 Å². The number of amides is 1. The van der Waals surface area contributed by atoms with Crippen LogP contribution in [0.4, 0.5) is 0 Å². The maximum atomic E-state index is 12.6. The van der Waals surface area contributed by atoms with Crippen LogP contribution in [0.25, 0.3) is 0 Å². The molecule has 1 fully saturated rings. The molecular formula is C19H25N3O2. The van der Waals surface area contributed by atoms with Crippen molar-refractivity contribution in [1.82, 2.24) is 15.2 Å². The third kappa shape index (κ3) is 4.24. The number of morpholine rings is 1. The standard InChI is InChI=1S/C19H25N3O2/c1-14-12-22(13-15(2)24-14)19(23)18-5-3-16(4-6-18)9-21-11-17-7-8-20-10-17/h3-8,10,14-15,20-21H,9,11-13H2,1-2H3/t14-,15-/m0/s1. The Bertz CT molecular complexity index is 642. The first-order valence-electron chi connectivity index (χ1n) is 8.48. The summed E-state index contributed by atoms with van der Waals surface area (Å²) in [7, 11) is 0. The van der Waals surface area contributed by atoms with Crippen LogP contribution < -0.4 is 5.32 Å². The number of benzene rings is 1. The molecule has 24 heavy (non-hydrogen) atoms. The van der Waals surface area contributed by atoms with E-state index in [9.17, 15) is 4.79 Å². The van der Waals surface area contributed by atoms with Gasteiger partial charge in [-0.1, -0.05) is 12.1 Å². The summed E-state index contributed by atoms with van der Waals surface area (Å²) in [6, 6.07) is 9.93. The fraction of sp³-hybridized carbons (Fsp3) is 0.421. The van der Waals surface area contributed by atoms with Crippen molar-refractivity contribution in [1.29, 1.82) is 0 Å². The van der Waals surface area contributed by atoms with Crippen LogP contribution >= 0.6 is 0 Å². The highest BCUT2D eigenvalue weighted by Gasteiger charge is 2.26. The Morgan fingerprint density at radius 3 is 2.42 bits per heavy atom. The SMILES string of the molecule is C[C@H]1CN(C(=O)c2ccc(CNCc3cc[nH]c3)cc2)C[C@H](C)O1. The number of carbonyl (C=O) groups is 1. The number of ether oxygens (including phenoxy) is 1.